The number of fused-ring (bicyclic) bond motifs is 1. The van der Waals surface area contributed by atoms with E-state index in [1.807, 2.05) is 18.2 Å². The van der Waals surface area contributed by atoms with Gasteiger partial charge in [-0.3, -0.25) is 4.90 Å². The maximum atomic E-state index is 14.4. The monoisotopic (exact) mass is 351 g/mol. The van der Waals surface area contributed by atoms with Gasteiger partial charge < -0.3 is 10.5 Å². The van der Waals surface area contributed by atoms with E-state index >= 15 is 0 Å². The lowest BCUT2D eigenvalue weighted by molar-refractivity contribution is 0.0571. The lowest BCUT2D eigenvalue weighted by Gasteiger charge is -2.38. The molecular formula is C21H22FN3O. The Morgan fingerprint density at radius 2 is 2.08 bits per heavy atom. The van der Waals surface area contributed by atoms with Crippen molar-refractivity contribution in [1.82, 2.24) is 4.90 Å². The number of likely N-dealkylation sites (tertiary alicyclic amines) is 1. The van der Waals surface area contributed by atoms with Gasteiger partial charge in [-0.15, -0.1) is 0 Å². The molecule has 4 rings (SSSR count). The molecule has 0 unspecified atom stereocenters. The molecule has 3 atom stereocenters. The molecule has 0 radical (unpaired) electrons. The predicted octanol–water partition coefficient (Wildman–Crippen LogP) is 3.17. The van der Waals surface area contributed by atoms with Crippen LogP contribution in [0, 0.1) is 17.1 Å². The van der Waals surface area contributed by atoms with Gasteiger partial charge in [0.05, 0.1) is 17.7 Å². The molecule has 0 spiro atoms. The highest BCUT2D eigenvalue weighted by Gasteiger charge is 2.39. The Morgan fingerprint density at radius 1 is 1.23 bits per heavy atom. The zero-order valence-electron chi connectivity index (χ0n) is 14.6. The number of nitrogens with zero attached hydrogens (tertiary/aromatic N) is 2. The summed E-state index contributed by atoms with van der Waals surface area (Å²) in [4.78, 5) is 2.39. The van der Waals surface area contributed by atoms with Crippen LogP contribution < -0.4 is 10.5 Å². The molecule has 0 aromatic heterocycles. The molecule has 2 aromatic carbocycles. The van der Waals surface area contributed by atoms with Crippen molar-refractivity contribution in [3.8, 4) is 11.8 Å². The first kappa shape index (κ1) is 17.0. The minimum atomic E-state index is -0.498. The number of ether oxygens (including phenoxy) is 1. The summed E-state index contributed by atoms with van der Waals surface area (Å²) in [7, 11) is 0. The summed E-state index contributed by atoms with van der Waals surface area (Å²) >= 11 is 0. The van der Waals surface area contributed by atoms with Gasteiger partial charge in [-0.2, -0.15) is 5.26 Å². The summed E-state index contributed by atoms with van der Waals surface area (Å²) in [6.07, 6.45) is 2.77. The molecule has 2 aromatic rings. The number of hydrogen-bond donors (Lipinski definition) is 1. The summed E-state index contributed by atoms with van der Waals surface area (Å²) in [5.41, 5.74) is 8.83. The Hall–Kier alpha value is -2.42. The smallest absolute Gasteiger partial charge is 0.166 e. The van der Waals surface area contributed by atoms with Crippen LogP contribution in [0.3, 0.4) is 0 Å². The lowest BCUT2D eigenvalue weighted by Crippen LogP contribution is -2.49. The summed E-state index contributed by atoms with van der Waals surface area (Å²) in [5, 5.41) is 8.93. The fourth-order valence-electron chi connectivity index (χ4n) is 4.14. The van der Waals surface area contributed by atoms with Crippen LogP contribution in [0.25, 0.3) is 0 Å². The van der Waals surface area contributed by atoms with Crippen molar-refractivity contribution < 1.29 is 9.13 Å². The van der Waals surface area contributed by atoms with Gasteiger partial charge in [-0.25, -0.2) is 4.39 Å². The van der Waals surface area contributed by atoms with E-state index in [4.69, 9.17) is 15.7 Å². The van der Waals surface area contributed by atoms with Crippen LogP contribution >= 0.6 is 0 Å². The zero-order chi connectivity index (χ0) is 18.1. The molecule has 0 saturated carbocycles. The molecule has 1 aliphatic carbocycles. The number of benzene rings is 2. The molecule has 5 heteroatoms. The van der Waals surface area contributed by atoms with Crippen LogP contribution in [-0.2, 0) is 6.42 Å². The SMILES string of the molecule is N#Cc1ccc(O[C@@H]2c3ccccc3C[C@H]2N2CCC[C@@H](N)C2)c(F)c1. The Labute approximate surface area is 153 Å². The molecule has 1 aliphatic heterocycles. The Morgan fingerprint density at radius 3 is 2.85 bits per heavy atom. The Balaban J connectivity index is 1.64. The van der Waals surface area contributed by atoms with Crippen molar-refractivity contribution in [2.24, 2.45) is 5.73 Å². The van der Waals surface area contributed by atoms with Crippen molar-refractivity contribution in [3.05, 3.63) is 65.0 Å². The van der Waals surface area contributed by atoms with Crippen molar-refractivity contribution in [2.75, 3.05) is 13.1 Å². The predicted molar refractivity (Wildman–Crippen MR) is 97.2 cm³/mol. The second-order valence-corrected chi connectivity index (χ2v) is 7.16. The van der Waals surface area contributed by atoms with Crippen LogP contribution in [0.1, 0.15) is 35.6 Å². The van der Waals surface area contributed by atoms with E-state index in [-0.39, 0.29) is 23.9 Å². The third-order valence-corrected chi connectivity index (χ3v) is 5.41. The van der Waals surface area contributed by atoms with E-state index in [1.54, 1.807) is 12.1 Å². The summed E-state index contributed by atoms with van der Waals surface area (Å²) in [5.74, 6) is -0.306. The van der Waals surface area contributed by atoms with Gasteiger partial charge in [-0.05, 0) is 55.1 Å². The second-order valence-electron chi connectivity index (χ2n) is 7.16. The number of nitriles is 1. The number of nitrogens with two attached hydrogens (primary N) is 1. The van der Waals surface area contributed by atoms with E-state index in [2.05, 4.69) is 17.0 Å². The maximum absolute atomic E-state index is 14.4. The number of hydrogen-bond acceptors (Lipinski definition) is 4. The fourth-order valence-corrected chi connectivity index (χ4v) is 4.14. The van der Waals surface area contributed by atoms with Crippen molar-refractivity contribution in [2.45, 2.75) is 37.5 Å². The van der Waals surface area contributed by atoms with Crippen LogP contribution in [-0.4, -0.2) is 30.1 Å². The van der Waals surface area contributed by atoms with Crippen molar-refractivity contribution >= 4 is 0 Å². The minimum Gasteiger partial charge on any atom is -0.481 e. The van der Waals surface area contributed by atoms with Crippen LogP contribution in [0.5, 0.6) is 5.75 Å². The largest absolute Gasteiger partial charge is 0.481 e. The van der Waals surface area contributed by atoms with Crippen LogP contribution in [0.4, 0.5) is 4.39 Å². The van der Waals surface area contributed by atoms with Crippen LogP contribution in [0.15, 0.2) is 42.5 Å². The Bertz CT molecular complexity index is 847. The number of rotatable bonds is 3. The molecule has 1 fully saturated rings. The molecular weight excluding hydrogens is 329 g/mol. The third kappa shape index (κ3) is 3.18. The molecule has 1 heterocycles. The zero-order valence-corrected chi connectivity index (χ0v) is 14.6. The fraction of sp³-hybridized carbons (Fsp3) is 0.381. The molecule has 2 N–H and O–H groups in total. The highest BCUT2D eigenvalue weighted by molar-refractivity contribution is 5.40. The summed E-state index contributed by atoms with van der Waals surface area (Å²) < 4.78 is 20.6. The van der Waals surface area contributed by atoms with Gasteiger partial charge in [0.25, 0.3) is 0 Å². The standard InChI is InChI=1S/C21H22FN3O/c22-18-10-14(12-23)7-8-20(18)26-21-17-6-2-1-4-15(17)11-19(21)25-9-3-5-16(24)13-25/h1-2,4,6-8,10,16,19,21H,3,5,9,11,13,24H2/t16-,19-,21-/m1/s1. The van der Waals surface area contributed by atoms with Crippen molar-refractivity contribution in [3.63, 3.8) is 0 Å². The molecule has 26 heavy (non-hydrogen) atoms. The highest BCUT2D eigenvalue weighted by Crippen LogP contribution is 2.39. The van der Waals surface area contributed by atoms with Gasteiger partial charge in [0.2, 0.25) is 0 Å². The normalized spacial score (nSPS) is 25.5. The average molecular weight is 351 g/mol. The third-order valence-electron chi connectivity index (χ3n) is 5.41. The van der Waals surface area contributed by atoms with Crippen molar-refractivity contribution in [1.29, 1.82) is 5.26 Å². The lowest BCUT2D eigenvalue weighted by atomic mass is 10.0. The van der Waals surface area contributed by atoms with Gasteiger partial charge in [0.15, 0.2) is 11.6 Å². The summed E-state index contributed by atoms with van der Waals surface area (Å²) in [6.45, 7) is 1.83. The van der Waals surface area contributed by atoms with Gasteiger partial charge in [0.1, 0.15) is 6.10 Å². The van der Waals surface area contributed by atoms with Gasteiger partial charge >= 0.3 is 0 Å². The molecule has 4 nitrogen and oxygen atoms in total. The van der Waals surface area contributed by atoms with Gasteiger partial charge in [0, 0.05) is 12.6 Å². The number of piperidine rings is 1. The first-order valence-electron chi connectivity index (χ1n) is 9.09. The molecule has 134 valence electrons. The minimum absolute atomic E-state index is 0.147. The highest BCUT2D eigenvalue weighted by atomic mass is 19.1. The van der Waals surface area contributed by atoms with E-state index in [0.717, 1.165) is 37.9 Å². The van der Waals surface area contributed by atoms with E-state index in [9.17, 15) is 4.39 Å². The molecule has 0 amide bonds. The van der Waals surface area contributed by atoms with E-state index in [1.165, 1.54) is 11.6 Å². The Kier molecular flexibility index (Phi) is 4.62. The summed E-state index contributed by atoms with van der Waals surface area (Å²) in [6, 6.07) is 14.8. The first-order chi connectivity index (χ1) is 12.7. The van der Waals surface area contributed by atoms with Gasteiger partial charge in [-0.1, -0.05) is 24.3 Å². The molecule has 1 saturated heterocycles. The first-order valence-corrected chi connectivity index (χ1v) is 9.09. The van der Waals surface area contributed by atoms with E-state index in [0.29, 0.717) is 5.56 Å². The number of halogens is 1. The molecule has 2 aliphatic rings. The average Bonchev–Trinajstić information content (AvgIpc) is 3.02. The van der Waals surface area contributed by atoms with E-state index < -0.39 is 5.82 Å². The van der Waals surface area contributed by atoms with Crippen LogP contribution in [0.2, 0.25) is 0 Å². The second kappa shape index (κ2) is 7.06. The maximum Gasteiger partial charge on any atom is 0.166 e. The molecule has 0 bridgehead atoms. The quantitative estimate of drug-likeness (QED) is 0.923. The topological polar surface area (TPSA) is 62.3 Å².